The standard InChI is InChI=1S/C14H23FN4.HI/c1-11(2)18-14(16)17-9-6-10-19(3)13-8-5-4-7-12(13)15;/h4-5,7-8,11H,6,9-10H2,1-3H3,(H3,16,17,18);1H. The summed E-state index contributed by atoms with van der Waals surface area (Å²) in [7, 11) is 1.87. The van der Waals surface area contributed by atoms with Crippen LogP contribution in [0.4, 0.5) is 10.1 Å². The summed E-state index contributed by atoms with van der Waals surface area (Å²) in [5, 5.41) is 3.03. The summed E-state index contributed by atoms with van der Waals surface area (Å²) in [5.74, 6) is 0.262. The van der Waals surface area contributed by atoms with Crippen LogP contribution >= 0.6 is 24.0 Å². The van der Waals surface area contributed by atoms with E-state index in [0.29, 0.717) is 18.2 Å². The summed E-state index contributed by atoms with van der Waals surface area (Å²) >= 11 is 0. The predicted molar refractivity (Wildman–Crippen MR) is 94.5 cm³/mol. The first-order valence-corrected chi connectivity index (χ1v) is 6.53. The van der Waals surface area contributed by atoms with Crippen molar-refractivity contribution in [3.05, 3.63) is 30.1 Å². The Morgan fingerprint density at radius 3 is 2.65 bits per heavy atom. The number of para-hydroxylation sites is 1. The van der Waals surface area contributed by atoms with Gasteiger partial charge in [-0.2, -0.15) is 0 Å². The van der Waals surface area contributed by atoms with Crippen LogP contribution in [-0.4, -0.2) is 32.1 Å². The Labute approximate surface area is 137 Å². The molecule has 1 aromatic rings. The number of halogens is 2. The lowest BCUT2D eigenvalue weighted by Crippen LogP contribution is -2.36. The van der Waals surface area contributed by atoms with Crippen LogP contribution in [0.2, 0.25) is 0 Å². The maximum absolute atomic E-state index is 13.5. The van der Waals surface area contributed by atoms with Gasteiger partial charge in [0.1, 0.15) is 5.82 Å². The minimum atomic E-state index is -0.200. The number of aliphatic imine (C=N–C) groups is 1. The minimum Gasteiger partial charge on any atom is -0.372 e. The molecule has 114 valence electrons. The van der Waals surface area contributed by atoms with Crippen molar-refractivity contribution >= 4 is 35.6 Å². The molecule has 0 heterocycles. The Balaban J connectivity index is 0.00000361. The minimum absolute atomic E-state index is 0. The molecular weight excluding hydrogens is 370 g/mol. The summed E-state index contributed by atoms with van der Waals surface area (Å²) in [5.41, 5.74) is 6.30. The SMILES string of the molecule is CC(C)NC(N)=NCCCN(C)c1ccccc1F.I. The number of hydrogen-bond acceptors (Lipinski definition) is 2. The van der Waals surface area contributed by atoms with E-state index in [2.05, 4.69) is 10.3 Å². The molecule has 1 aromatic carbocycles. The van der Waals surface area contributed by atoms with Crippen LogP contribution in [0, 0.1) is 5.82 Å². The smallest absolute Gasteiger partial charge is 0.188 e. The summed E-state index contributed by atoms with van der Waals surface area (Å²) in [6.45, 7) is 5.38. The molecule has 0 aliphatic rings. The second kappa shape index (κ2) is 9.79. The highest BCUT2D eigenvalue weighted by atomic mass is 127. The molecule has 0 saturated carbocycles. The maximum atomic E-state index is 13.5. The van der Waals surface area contributed by atoms with Crippen molar-refractivity contribution in [2.24, 2.45) is 10.7 Å². The van der Waals surface area contributed by atoms with Crippen molar-refractivity contribution in [1.29, 1.82) is 0 Å². The second-order valence-corrected chi connectivity index (χ2v) is 4.79. The lowest BCUT2D eigenvalue weighted by atomic mass is 10.2. The van der Waals surface area contributed by atoms with Crippen molar-refractivity contribution in [2.45, 2.75) is 26.3 Å². The van der Waals surface area contributed by atoms with Gasteiger partial charge in [0.25, 0.3) is 0 Å². The lowest BCUT2D eigenvalue weighted by molar-refractivity contribution is 0.620. The highest BCUT2D eigenvalue weighted by molar-refractivity contribution is 14.0. The van der Waals surface area contributed by atoms with Crippen LogP contribution in [0.25, 0.3) is 0 Å². The number of hydrogen-bond donors (Lipinski definition) is 2. The van der Waals surface area contributed by atoms with E-state index in [0.717, 1.165) is 13.0 Å². The van der Waals surface area contributed by atoms with Crippen LogP contribution in [0.5, 0.6) is 0 Å². The zero-order valence-corrected chi connectivity index (χ0v) is 14.6. The highest BCUT2D eigenvalue weighted by Gasteiger charge is 2.05. The van der Waals surface area contributed by atoms with Gasteiger partial charge in [0.05, 0.1) is 5.69 Å². The van der Waals surface area contributed by atoms with Gasteiger partial charge in [-0.3, -0.25) is 4.99 Å². The van der Waals surface area contributed by atoms with E-state index < -0.39 is 0 Å². The molecule has 0 unspecified atom stereocenters. The number of rotatable bonds is 6. The van der Waals surface area contributed by atoms with Crippen LogP contribution in [0.3, 0.4) is 0 Å². The number of nitrogens with one attached hydrogen (secondary N) is 1. The fourth-order valence-electron chi connectivity index (χ4n) is 1.73. The molecule has 0 radical (unpaired) electrons. The Kier molecular flexibility index (Phi) is 9.28. The van der Waals surface area contributed by atoms with Gasteiger partial charge in [-0.25, -0.2) is 4.39 Å². The second-order valence-electron chi connectivity index (χ2n) is 4.79. The predicted octanol–water partition coefficient (Wildman–Crippen LogP) is 2.58. The van der Waals surface area contributed by atoms with Gasteiger partial charge >= 0.3 is 0 Å². The Hall–Kier alpha value is -1.05. The molecular formula is C14H24FIN4. The molecule has 0 aromatic heterocycles. The molecule has 4 nitrogen and oxygen atoms in total. The normalized spacial score (nSPS) is 11.2. The average molecular weight is 394 g/mol. The summed E-state index contributed by atoms with van der Waals surface area (Å²) in [6.07, 6.45) is 0.825. The molecule has 0 atom stereocenters. The van der Waals surface area contributed by atoms with Crippen molar-refractivity contribution in [2.75, 3.05) is 25.0 Å². The third-order valence-electron chi connectivity index (χ3n) is 2.63. The summed E-state index contributed by atoms with van der Waals surface area (Å²) < 4.78 is 13.5. The topological polar surface area (TPSA) is 53.6 Å². The number of benzene rings is 1. The third-order valence-corrected chi connectivity index (χ3v) is 2.63. The van der Waals surface area contributed by atoms with Crippen LogP contribution in [-0.2, 0) is 0 Å². The first kappa shape index (κ1) is 18.9. The zero-order valence-electron chi connectivity index (χ0n) is 12.3. The number of nitrogens with two attached hydrogens (primary N) is 1. The largest absolute Gasteiger partial charge is 0.372 e. The summed E-state index contributed by atoms with van der Waals surface area (Å²) in [4.78, 5) is 6.10. The van der Waals surface area contributed by atoms with E-state index in [-0.39, 0.29) is 35.8 Å². The highest BCUT2D eigenvalue weighted by Crippen LogP contribution is 2.16. The fourth-order valence-corrected chi connectivity index (χ4v) is 1.73. The Morgan fingerprint density at radius 1 is 1.40 bits per heavy atom. The Morgan fingerprint density at radius 2 is 2.05 bits per heavy atom. The van der Waals surface area contributed by atoms with Gasteiger partial charge in [-0.05, 0) is 32.4 Å². The monoisotopic (exact) mass is 394 g/mol. The van der Waals surface area contributed by atoms with Gasteiger partial charge in [-0.15, -0.1) is 24.0 Å². The van der Waals surface area contributed by atoms with E-state index in [4.69, 9.17) is 5.73 Å². The van der Waals surface area contributed by atoms with E-state index in [1.165, 1.54) is 6.07 Å². The van der Waals surface area contributed by atoms with Gasteiger partial charge in [0.15, 0.2) is 5.96 Å². The first-order chi connectivity index (χ1) is 9.00. The molecule has 0 amide bonds. The van der Waals surface area contributed by atoms with E-state index in [9.17, 15) is 4.39 Å². The van der Waals surface area contributed by atoms with Gasteiger partial charge in [0.2, 0.25) is 0 Å². The summed E-state index contributed by atoms with van der Waals surface area (Å²) in [6, 6.07) is 7.04. The molecule has 0 bridgehead atoms. The van der Waals surface area contributed by atoms with E-state index in [1.807, 2.05) is 31.9 Å². The molecule has 3 N–H and O–H groups in total. The van der Waals surface area contributed by atoms with Gasteiger partial charge in [-0.1, -0.05) is 12.1 Å². The quantitative estimate of drug-likeness (QED) is 0.338. The number of anilines is 1. The van der Waals surface area contributed by atoms with Crippen LogP contribution in [0.15, 0.2) is 29.3 Å². The average Bonchev–Trinajstić information content (AvgIpc) is 2.34. The first-order valence-electron chi connectivity index (χ1n) is 6.53. The zero-order chi connectivity index (χ0) is 14.3. The molecule has 1 rings (SSSR count). The maximum Gasteiger partial charge on any atom is 0.188 e. The molecule has 0 aliphatic carbocycles. The molecule has 20 heavy (non-hydrogen) atoms. The third kappa shape index (κ3) is 6.93. The lowest BCUT2D eigenvalue weighted by Gasteiger charge is -2.19. The van der Waals surface area contributed by atoms with Crippen LogP contribution in [0.1, 0.15) is 20.3 Å². The van der Waals surface area contributed by atoms with Gasteiger partial charge in [0, 0.05) is 26.2 Å². The molecule has 0 fully saturated rings. The van der Waals surface area contributed by atoms with Crippen molar-refractivity contribution in [1.82, 2.24) is 5.32 Å². The van der Waals surface area contributed by atoms with Crippen molar-refractivity contribution in [3.8, 4) is 0 Å². The number of guanidine groups is 1. The fraction of sp³-hybridized carbons (Fsp3) is 0.500. The van der Waals surface area contributed by atoms with Crippen LogP contribution < -0.4 is 16.0 Å². The molecule has 6 heteroatoms. The molecule has 0 aliphatic heterocycles. The number of nitrogens with zero attached hydrogens (tertiary/aromatic N) is 2. The van der Waals surface area contributed by atoms with E-state index in [1.54, 1.807) is 12.1 Å². The van der Waals surface area contributed by atoms with Crippen molar-refractivity contribution in [3.63, 3.8) is 0 Å². The Bertz CT molecular complexity index is 423. The molecule has 0 saturated heterocycles. The van der Waals surface area contributed by atoms with Crippen molar-refractivity contribution < 1.29 is 4.39 Å². The molecule has 0 spiro atoms. The van der Waals surface area contributed by atoms with Gasteiger partial charge < -0.3 is 16.0 Å². The van der Waals surface area contributed by atoms with E-state index >= 15 is 0 Å².